The minimum absolute atomic E-state index is 0.165. The van der Waals surface area contributed by atoms with Gasteiger partial charge in [0.15, 0.2) is 0 Å². The Kier molecular flexibility index (Phi) is 5.81. The van der Waals surface area contributed by atoms with Gasteiger partial charge in [-0.3, -0.25) is 4.68 Å². The van der Waals surface area contributed by atoms with Gasteiger partial charge in [-0.05, 0) is 43.1 Å². The van der Waals surface area contributed by atoms with Crippen molar-refractivity contribution in [3.05, 3.63) is 47.8 Å². The van der Waals surface area contributed by atoms with Crippen molar-refractivity contribution in [2.24, 2.45) is 7.05 Å². The normalized spacial score (nSPS) is 12.3. The van der Waals surface area contributed by atoms with Gasteiger partial charge in [-0.2, -0.15) is 5.10 Å². The highest BCUT2D eigenvalue weighted by atomic mass is 16.5. The second-order valence-corrected chi connectivity index (χ2v) is 5.18. The number of hydrogen-bond acceptors (Lipinski definition) is 3. The Morgan fingerprint density at radius 3 is 2.48 bits per heavy atom. The third kappa shape index (κ3) is 4.08. The highest BCUT2D eigenvalue weighted by Gasteiger charge is 2.16. The number of benzene rings is 1. The van der Waals surface area contributed by atoms with Gasteiger partial charge in [-0.25, -0.2) is 0 Å². The highest BCUT2D eigenvalue weighted by Crippen LogP contribution is 2.23. The molecule has 0 aliphatic heterocycles. The molecule has 0 aliphatic rings. The van der Waals surface area contributed by atoms with Gasteiger partial charge in [0, 0.05) is 13.2 Å². The first-order valence-electron chi connectivity index (χ1n) is 7.70. The SMILES string of the molecule is CCCNC(c1ccc(OCCC)cc1)c1ccnn1C. The summed E-state index contributed by atoms with van der Waals surface area (Å²) in [6.07, 6.45) is 3.97. The van der Waals surface area contributed by atoms with Crippen molar-refractivity contribution in [1.82, 2.24) is 15.1 Å². The molecule has 1 heterocycles. The zero-order valence-corrected chi connectivity index (χ0v) is 13.2. The lowest BCUT2D eigenvalue weighted by molar-refractivity contribution is 0.317. The average molecular weight is 287 g/mol. The molecule has 0 radical (unpaired) electrons. The summed E-state index contributed by atoms with van der Waals surface area (Å²) in [5.41, 5.74) is 2.40. The van der Waals surface area contributed by atoms with Gasteiger partial charge in [-0.1, -0.05) is 26.0 Å². The van der Waals surface area contributed by atoms with E-state index in [1.54, 1.807) is 0 Å². The zero-order chi connectivity index (χ0) is 15.1. The first-order chi connectivity index (χ1) is 10.3. The topological polar surface area (TPSA) is 39.1 Å². The molecular weight excluding hydrogens is 262 g/mol. The van der Waals surface area contributed by atoms with Gasteiger partial charge >= 0.3 is 0 Å². The fraction of sp³-hybridized carbons (Fsp3) is 0.471. The molecule has 4 nitrogen and oxygen atoms in total. The van der Waals surface area contributed by atoms with Gasteiger partial charge in [-0.15, -0.1) is 0 Å². The van der Waals surface area contributed by atoms with E-state index >= 15 is 0 Å². The van der Waals surface area contributed by atoms with Crippen molar-refractivity contribution in [2.45, 2.75) is 32.7 Å². The standard InChI is InChI=1S/C17H25N3O/c1-4-11-18-17(16-10-12-19-20(16)3)14-6-8-15(9-7-14)21-13-5-2/h6-10,12,17-18H,4-5,11,13H2,1-3H3. The maximum Gasteiger partial charge on any atom is 0.119 e. The molecule has 2 rings (SSSR count). The number of rotatable bonds is 8. The van der Waals surface area contributed by atoms with Gasteiger partial charge in [0.1, 0.15) is 5.75 Å². The average Bonchev–Trinajstić information content (AvgIpc) is 2.93. The summed E-state index contributed by atoms with van der Waals surface area (Å²) in [5.74, 6) is 0.930. The quantitative estimate of drug-likeness (QED) is 0.809. The fourth-order valence-corrected chi connectivity index (χ4v) is 2.33. The number of nitrogens with one attached hydrogen (secondary N) is 1. The van der Waals surface area contributed by atoms with Gasteiger partial charge in [0.05, 0.1) is 18.3 Å². The molecule has 1 aromatic heterocycles. The van der Waals surface area contributed by atoms with Crippen LogP contribution in [-0.2, 0) is 7.05 Å². The molecule has 1 N–H and O–H groups in total. The van der Waals surface area contributed by atoms with E-state index in [9.17, 15) is 0 Å². The summed E-state index contributed by atoms with van der Waals surface area (Å²) in [4.78, 5) is 0. The molecule has 0 fully saturated rings. The Morgan fingerprint density at radius 1 is 1.14 bits per heavy atom. The summed E-state index contributed by atoms with van der Waals surface area (Å²) in [7, 11) is 1.98. The largest absolute Gasteiger partial charge is 0.494 e. The first kappa shape index (κ1) is 15.6. The van der Waals surface area contributed by atoms with Crippen LogP contribution in [0.4, 0.5) is 0 Å². The van der Waals surface area contributed by atoms with E-state index in [0.717, 1.165) is 31.7 Å². The van der Waals surface area contributed by atoms with E-state index in [4.69, 9.17) is 4.74 Å². The minimum atomic E-state index is 0.165. The number of aromatic nitrogens is 2. The molecule has 114 valence electrons. The summed E-state index contributed by atoms with van der Waals surface area (Å²) in [5, 5.41) is 7.87. The third-order valence-corrected chi connectivity index (χ3v) is 3.44. The molecule has 4 heteroatoms. The fourth-order valence-electron chi connectivity index (χ4n) is 2.33. The maximum absolute atomic E-state index is 5.65. The smallest absolute Gasteiger partial charge is 0.119 e. The van der Waals surface area contributed by atoms with E-state index in [-0.39, 0.29) is 6.04 Å². The van der Waals surface area contributed by atoms with Crippen LogP contribution in [0.15, 0.2) is 36.5 Å². The first-order valence-corrected chi connectivity index (χ1v) is 7.70. The molecule has 0 aliphatic carbocycles. The van der Waals surface area contributed by atoms with E-state index in [1.807, 2.05) is 30.1 Å². The van der Waals surface area contributed by atoms with Gasteiger partial charge in [0.2, 0.25) is 0 Å². The lowest BCUT2D eigenvalue weighted by Crippen LogP contribution is -2.25. The Labute approximate surface area is 127 Å². The molecule has 2 aromatic rings. The number of aryl methyl sites for hydroxylation is 1. The van der Waals surface area contributed by atoms with Crippen LogP contribution in [-0.4, -0.2) is 22.9 Å². The number of nitrogens with zero attached hydrogens (tertiary/aromatic N) is 2. The van der Waals surface area contributed by atoms with E-state index in [2.05, 4.69) is 42.5 Å². The predicted octanol–water partition coefficient (Wildman–Crippen LogP) is 3.30. The Hall–Kier alpha value is -1.81. The van der Waals surface area contributed by atoms with Gasteiger partial charge < -0.3 is 10.1 Å². The molecule has 0 spiro atoms. The summed E-state index contributed by atoms with van der Waals surface area (Å²) in [6, 6.07) is 10.6. The van der Waals surface area contributed by atoms with E-state index < -0.39 is 0 Å². The van der Waals surface area contributed by atoms with E-state index in [0.29, 0.717) is 0 Å². The Balaban J connectivity index is 2.18. The molecule has 0 saturated heterocycles. The van der Waals surface area contributed by atoms with Crippen LogP contribution in [0.25, 0.3) is 0 Å². The number of ether oxygens (including phenoxy) is 1. The summed E-state index contributed by atoms with van der Waals surface area (Å²) >= 11 is 0. The second kappa shape index (κ2) is 7.84. The molecule has 1 atom stereocenters. The van der Waals surface area contributed by atoms with Crippen molar-refractivity contribution >= 4 is 0 Å². The van der Waals surface area contributed by atoms with Crippen LogP contribution in [0.3, 0.4) is 0 Å². The van der Waals surface area contributed by atoms with Crippen LogP contribution in [0.1, 0.15) is 44.0 Å². The van der Waals surface area contributed by atoms with Crippen LogP contribution in [0, 0.1) is 0 Å². The minimum Gasteiger partial charge on any atom is -0.494 e. The highest BCUT2D eigenvalue weighted by molar-refractivity contribution is 5.33. The second-order valence-electron chi connectivity index (χ2n) is 5.18. The number of hydrogen-bond donors (Lipinski definition) is 1. The van der Waals surface area contributed by atoms with Gasteiger partial charge in [0.25, 0.3) is 0 Å². The summed E-state index contributed by atoms with van der Waals surface area (Å²) < 4.78 is 7.57. The van der Waals surface area contributed by atoms with Crippen LogP contribution < -0.4 is 10.1 Å². The molecule has 0 amide bonds. The lowest BCUT2D eigenvalue weighted by atomic mass is 10.0. The van der Waals surface area contributed by atoms with Crippen molar-refractivity contribution in [2.75, 3.05) is 13.2 Å². The molecule has 1 aromatic carbocycles. The Bertz CT molecular complexity index is 533. The van der Waals surface area contributed by atoms with Crippen LogP contribution >= 0.6 is 0 Å². The van der Waals surface area contributed by atoms with Crippen molar-refractivity contribution < 1.29 is 4.74 Å². The summed E-state index contributed by atoms with van der Waals surface area (Å²) in [6.45, 7) is 6.03. The maximum atomic E-state index is 5.65. The monoisotopic (exact) mass is 287 g/mol. The molecule has 0 saturated carbocycles. The van der Waals surface area contributed by atoms with E-state index in [1.165, 1.54) is 11.3 Å². The lowest BCUT2D eigenvalue weighted by Gasteiger charge is -2.19. The molecule has 21 heavy (non-hydrogen) atoms. The molecule has 1 unspecified atom stereocenters. The predicted molar refractivity (Wildman–Crippen MR) is 85.6 cm³/mol. The van der Waals surface area contributed by atoms with Crippen LogP contribution in [0.2, 0.25) is 0 Å². The van der Waals surface area contributed by atoms with Crippen LogP contribution in [0.5, 0.6) is 5.75 Å². The van der Waals surface area contributed by atoms with Crippen molar-refractivity contribution in [3.63, 3.8) is 0 Å². The molecular formula is C17H25N3O. The molecule has 0 bridgehead atoms. The van der Waals surface area contributed by atoms with Crippen molar-refractivity contribution in [3.8, 4) is 5.75 Å². The Morgan fingerprint density at radius 2 is 1.90 bits per heavy atom. The van der Waals surface area contributed by atoms with Crippen molar-refractivity contribution in [1.29, 1.82) is 0 Å². The zero-order valence-electron chi connectivity index (χ0n) is 13.2. The third-order valence-electron chi connectivity index (χ3n) is 3.44.